The molecule has 0 unspecified atom stereocenters. The molecule has 2 aromatic rings. The third-order valence-corrected chi connectivity index (χ3v) is 3.55. The minimum atomic E-state index is 0.519. The zero-order valence-electron chi connectivity index (χ0n) is 9.49. The van der Waals surface area contributed by atoms with Crippen LogP contribution >= 0.6 is 15.9 Å². The van der Waals surface area contributed by atoms with Crippen LogP contribution in [0.25, 0.3) is 0 Å². The molecule has 0 aliphatic carbocycles. The molecule has 0 aliphatic heterocycles. The van der Waals surface area contributed by atoms with Gasteiger partial charge in [-0.15, -0.1) is 0 Å². The van der Waals surface area contributed by atoms with Crippen LogP contribution in [-0.4, -0.2) is 19.9 Å². The van der Waals surface area contributed by atoms with Gasteiger partial charge in [0, 0.05) is 6.42 Å². The number of hydrogen-bond acceptors (Lipinski definition) is 4. The Morgan fingerprint density at radius 1 is 1.38 bits per heavy atom. The summed E-state index contributed by atoms with van der Waals surface area (Å²) in [5.41, 5.74) is 2.03. The number of aromatic nitrogens is 4. The molecule has 0 atom stereocenters. The van der Waals surface area contributed by atoms with Crippen LogP contribution in [-0.2, 0) is 13.0 Å². The van der Waals surface area contributed by atoms with E-state index in [0.29, 0.717) is 12.4 Å². The zero-order valence-corrected chi connectivity index (χ0v) is 11.1. The molecule has 0 spiro atoms. The Bertz CT molecular complexity index is 503. The number of aryl methyl sites for hydroxylation is 2. The first-order valence-corrected chi connectivity index (χ1v) is 5.92. The Labute approximate surface area is 102 Å². The zero-order chi connectivity index (χ0) is 11.7. The summed E-state index contributed by atoms with van der Waals surface area (Å²) in [5.74, 6) is 1.32. The highest BCUT2D eigenvalue weighted by atomic mass is 79.9. The van der Waals surface area contributed by atoms with Crippen molar-refractivity contribution in [2.75, 3.05) is 0 Å². The van der Waals surface area contributed by atoms with Gasteiger partial charge in [-0.1, -0.05) is 12.1 Å². The first kappa shape index (κ1) is 11.3. The summed E-state index contributed by atoms with van der Waals surface area (Å²) in [7, 11) is 0. The second-order valence-electron chi connectivity index (χ2n) is 3.60. The van der Waals surface area contributed by atoms with Crippen molar-refractivity contribution in [3.8, 4) is 0 Å². The van der Waals surface area contributed by atoms with E-state index >= 15 is 0 Å². The quantitative estimate of drug-likeness (QED) is 0.868. The summed E-state index contributed by atoms with van der Waals surface area (Å²) in [6.07, 6.45) is 0.782. The molecule has 0 amide bonds. The lowest BCUT2D eigenvalue weighted by Gasteiger charge is -1.98. The third kappa shape index (κ3) is 2.02. The normalized spacial score (nSPS) is 11.0. The predicted octanol–water partition coefficient (Wildman–Crippen LogP) is 2.26. The van der Waals surface area contributed by atoms with E-state index in [-0.39, 0.29) is 0 Å². The molecule has 0 aromatic carbocycles. The summed E-state index contributed by atoms with van der Waals surface area (Å²) in [6.45, 7) is 6.47. The number of halogens is 1. The fourth-order valence-corrected chi connectivity index (χ4v) is 1.74. The molecule has 2 heterocycles. The van der Waals surface area contributed by atoms with Gasteiger partial charge in [0.05, 0.1) is 15.9 Å². The Balaban J connectivity index is 2.23. The van der Waals surface area contributed by atoms with E-state index in [1.807, 2.05) is 25.5 Å². The number of hydrogen-bond donors (Lipinski definition) is 0. The molecular formula is C10H13BrN4O. The van der Waals surface area contributed by atoms with E-state index in [1.165, 1.54) is 0 Å². The van der Waals surface area contributed by atoms with E-state index < -0.39 is 0 Å². The Morgan fingerprint density at radius 2 is 2.12 bits per heavy atom. The Morgan fingerprint density at radius 3 is 2.62 bits per heavy atom. The van der Waals surface area contributed by atoms with Crippen LogP contribution in [0.2, 0.25) is 0 Å². The summed E-state index contributed by atoms with van der Waals surface area (Å²) >= 11 is 3.48. The van der Waals surface area contributed by atoms with Gasteiger partial charge in [-0.3, -0.25) is 4.68 Å². The van der Waals surface area contributed by atoms with Crippen LogP contribution in [0, 0.1) is 13.8 Å². The standard InChI is InChI=1S/C10H13BrN4O/c1-4-8-12-9(16-14-8)5-15-7(3)10(11)6(2)13-15/h4-5H2,1-3H3. The van der Waals surface area contributed by atoms with Crippen molar-refractivity contribution in [2.45, 2.75) is 33.7 Å². The molecule has 2 rings (SSSR count). The lowest BCUT2D eigenvalue weighted by Crippen LogP contribution is -2.04. The van der Waals surface area contributed by atoms with E-state index in [0.717, 1.165) is 28.1 Å². The summed E-state index contributed by atoms with van der Waals surface area (Å²) in [6, 6.07) is 0. The highest BCUT2D eigenvalue weighted by Gasteiger charge is 2.12. The molecular weight excluding hydrogens is 272 g/mol. The van der Waals surface area contributed by atoms with Crippen molar-refractivity contribution in [1.82, 2.24) is 19.9 Å². The van der Waals surface area contributed by atoms with Gasteiger partial charge in [-0.05, 0) is 29.8 Å². The third-order valence-electron chi connectivity index (χ3n) is 2.40. The fourth-order valence-electron chi connectivity index (χ4n) is 1.46. The first-order chi connectivity index (χ1) is 7.61. The van der Waals surface area contributed by atoms with Crippen LogP contribution in [0.1, 0.15) is 30.0 Å². The SMILES string of the molecule is CCc1noc(Cn2nc(C)c(Br)c2C)n1. The van der Waals surface area contributed by atoms with Gasteiger partial charge in [-0.25, -0.2) is 0 Å². The highest BCUT2D eigenvalue weighted by molar-refractivity contribution is 9.10. The fraction of sp³-hybridized carbons (Fsp3) is 0.500. The molecule has 86 valence electrons. The molecule has 6 heteroatoms. The Hall–Kier alpha value is -1.17. The summed E-state index contributed by atoms with van der Waals surface area (Å²) in [4.78, 5) is 4.25. The summed E-state index contributed by atoms with van der Waals surface area (Å²) < 4.78 is 8.01. The van der Waals surface area contributed by atoms with Crippen molar-refractivity contribution < 1.29 is 4.52 Å². The highest BCUT2D eigenvalue weighted by Crippen LogP contribution is 2.20. The van der Waals surface area contributed by atoms with E-state index in [2.05, 4.69) is 31.2 Å². The van der Waals surface area contributed by atoms with Crippen molar-refractivity contribution >= 4 is 15.9 Å². The van der Waals surface area contributed by atoms with Crippen molar-refractivity contribution in [3.05, 3.63) is 27.6 Å². The van der Waals surface area contributed by atoms with E-state index in [1.54, 1.807) is 0 Å². The molecule has 16 heavy (non-hydrogen) atoms. The largest absolute Gasteiger partial charge is 0.337 e. The second kappa shape index (κ2) is 4.37. The molecule has 0 saturated heterocycles. The average molecular weight is 285 g/mol. The maximum absolute atomic E-state index is 5.13. The van der Waals surface area contributed by atoms with Gasteiger partial charge in [0.2, 0.25) is 5.89 Å². The lowest BCUT2D eigenvalue weighted by molar-refractivity contribution is 0.360. The van der Waals surface area contributed by atoms with Crippen LogP contribution < -0.4 is 0 Å². The average Bonchev–Trinajstić information content (AvgIpc) is 2.81. The predicted molar refractivity (Wildman–Crippen MR) is 62.2 cm³/mol. The van der Waals surface area contributed by atoms with Crippen molar-refractivity contribution in [3.63, 3.8) is 0 Å². The molecule has 2 aromatic heterocycles. The lowest BCUT2D eigenvalue weighted by atomic mass is 10.4. The maximum Gasteiger partial charge on any atom is 0.248 e. The molecule has 0 aliphatic rings. The number of nitrogens with zero attached hydrogens (tertiary/aromatic N) is 4. The summed E-state index contributed by atoms with van der Waals surface area (Å²) in [5, 5.41) is 8.23. The molecule has 0 radical (unpaired) electrons. The molecule has 0 N–H and O–H groups in total. The van der Waals surface area contributed by atoms with Gasteiger partial charge in [0.25, 0.3) is 0 Å². The second-order valence-corrected chi connectivity index (χ2v) is 4.39. The molecule has 0 bridgehead atoms. The van der Waals surface area contributed by atoms with E-state index in [9.17, 15) is 0 Å². The van der Waals surface area contributed by atoms with Crippen LogP contribution in [0.4, 0.5) is 0 Å². The van der Waals surface area contributed by atoms with Crippen molar-refractivity contribution in [1.29, 1.82) is 0 Å². The minimum absolute atomic E-state index is 0.519. The van der Waals surface area contributed by atoms with Gasteiger partial charge >= 0.3 is 0 Å². The first-order valence-electron chi connectivity index (χ1n) is 5.12. The minimum Gasteiger partial charge on any atom is -0.337 e. The molecule has 5 nitrogen and oxygen atoms in total. The van der Waals surface area contributed by atoms with Gasteiger partial charge in [0.15, 0.2) is 5.82 Å². The van der Waals surface area contributed by atoms with E-state index in [4.69, 9.17) is 4.52 Å². The number of rotatable bonds is 3. The monoisotopic (exact) mass is 284 g/mol. The molecule has 0 fully saturated rings. The van der Waals surface area contributed by atoms with Gasteiger partial charge < -0.3 is 4.52 Å². The Kier molecular flexibility index (Phi) is 3.09. The molecule has 0 saturated carbocycles. The van der Waals surface area contributed by atoms with Crippen LogP contribution in [0.3, 0.4) is 0 Å². The van der Waals surface area contributed by atoms with Crippen LogP contribution in [0.5, 0.6) is 0 Å². The van der Waals surface area contributed by atoms with Crippen molar-refractivity contribution in [2.24, 2.45) is 0 Å². The van der Waals surface area contributed by atoms with Gasteiger partial charge in [-0.2, -0.15) is 10.1 Å². The maximum atomic E-state index is 5.13. The van der Waals surface area contributed by atoms with Gasteiger partial charge in [0.1, 0.15) is 6.54 Å². The van der Waals surface area contributed by atoms with Crippen LogP contribution in [0.15, 0.2) is 9.00 Å². The smallest absolute Gasteiger partial charge is 0.248 e. The topological polar surface area (TPSA) is 56.7 Å².